The fraction of sp³-hybridized carbons (Fsp3) is 0.818. The maximum Gasteiger partial charge on any atom is 0.317 e. The van der Waals surface area contributed by atoms with Crippen LogP contribution in [-0.2, 0) is 9.53 Å². The molecule has 0 saturated heterocycles. The molecule has 6 heteroatoms. The summed E-state index contributed by atoms with van der Waals surface area (Å²) in [5.41, 5.74) is 0. The first-order valence-electron chi connectivity index (χ1n) is 5.70. The Morgan fingerprint density at radius 1 is 1.41 bits per heavy atom. The summed E-state index contributed by atoms with van der Waals surface area (Å²) in [6.45, 7) is 5.79. The minimum Gasteiger partial charge on any atom is -0.481 e. The zero-order chi connectivity index (χ0) is 13.3. The van der Waals surface area contributed by atoms with E-state index in [0.29, 0.717) is 25.6 Å². The lowest BCUT2D eigenvalue weighted by Gasteiger charge is -2.24. The lowest BCUT2D eigenvalue weighted by Crippen LogP contribution is -2.44. The minimum atomic E-state index is -0.919. The third-order valence-electron chi connectivity index (χ3n) is 2.05. The van der Waals surface area contributed by atoms with Gasteiger partial charge in [0.1, 0.15) is 0 Å². The van der Waals surface area contributed by atoms with Gasteiger partial charge in [-0.15, -0.1) is 0 Å². The fourth-order valence-corrected chi connectivity index (χ4v) is 1.31. The van der Waals surface area contributed by atoms with E-state index in [1.54, 1.807) is 12.0 Å². The Labute approximate surface area is 102 Å². The van der Waals surface area contributed by atoms with E-state index in [9.17, 15) is 9.59 Å². The van der Waals surface area contributed by atoms with Gasteiger partial charge in [-0.3, -0.25) is 4.79 Å². The largest absolute Gasteiger partial charge is 0.481 e. The standard InChI is InChI=1S/C11H22N2O4/c1-9(2)8-13(6-7-17-3)11(16)12-5-4-10(14)15/h9H,4-8H2,1-3H3,(H,12,16)(H,14,15). The molecule has 0 radical (unpaired) electrons. The molecule has 0 saturated carbocycles. The van der Waals surface area contributed by atoms with Crippen molar-refractivity contribution in [3.63, 3.8) is 0 Å². The molecule has 0 spiro atoms. The van der Waals surface area contributed by atoms with Crippen molar-refractivity contribution >= 4 is 12.0 Å². The molecule has 2 N–H and O–H groups in total. The van der Waals surface area contributed by atoms with E-state index in [1.807, 2.05) is 13.8 Å². The van der Waals surface area contributed by atoms with Gasteiger partial charge in [0.15, 0.2) is 0 Å². The summed E-state index contributed by atoms with van der Waals surface area (Å²) >= 11 is 0. The van der Waals surface area contributed by atoms with E-state index in [1.165, 1.54) is 0 Å². The summed E-state index contributed by atoms with van der Waals surface area (Å²) in [5.74, 6) is -0.560. The van der Waals surface area contributed by atoms with Crippen LogP contribution in [0.5, 0.6) is 0 Å². The van der Waals surface area contributed by atoms with Crippen molar-refractivity contribution in [3.8, 4) is 0 Å². The van der Waals surface area contributed by atoms with Gasteiger partial charge in [0.05, 0.1) is 13.0 Å². The van der Waals surface area contributed by atoms with E-state index < -0.39 is 5.97 Å². The number of nitrogens with zero attached hydrogens (tertiary/aromatic N) is 1. The quantitative estimate of drug-likeness (QED) is 0.663. The summed E-state index contributed by atoms with van der Waals surface area (Å²) in [7, 11) is 1.58. The molecule has 0 aliphatic rings. The first-order chi connectivity index (χ1) is 7.97. The number of amides is 2. The second kappa shape index (κ2) is 8.81. The number of urea groups is 1. The van der Waals surface area contributed by atoms with E-state index in [2.05, 4.69) is 5.32 Å². The second-order valence-corrected chi connectivity index (χ2v) is 4.21. The number of ether oxygens (including phenoxy) is 1. The van der Waals surface area contributed by atoms with Gasteiger partial charge in [-0.1, -0.05) is 13.8 Å². The summed E-state index contributed by atoms with van der Waals surface area (Å²) in [5, 5.41) is 11.0. The number of hydrogen-bond donors (Lipinski definition) is 2. The Bertz CT molecular complexity index is 244. The van der Waals surface area contributed by atoms with Gasteiger partial charge in [0.25, 0.3) is 0 Å². The van der Waals surface area contributed by atoms with Crippen LogP contribution in [0.25, 0.3) is 0 Å². The van der Waals surface area contributed by atoms with E-state index >= 15 is 0 Å². The van der Waals surface area contributed by atoms with Gasteiger partial charge in [-0.25, -0.2) is 4.79 Å². The average molecular weight is 246 g/mol. The highest BCUT2D eigenvalue weighted by atomic mass is 16.5. The molecule has 0 rings (SSSR count). The zero-order valence-corrected chi connectivity index (χ0v) is 10.7. The molecule has 100 valence electrons. The van der Waals surface area contributed by atoms with Crippen molar-refractivity contribution in [1.82, 2.24) is 10.2 Å². The first kappa shape index (κ1) is 15.7. The van der Waals surface area contributed by atoms with Crippen molar-refractivity contribution in [3.05, 3.63) is 0 Å². The molecule has 0 aliphatic carbocycles. The molecule has 0 bridgehead atoms. The molecule has 0 aromatic rings. The highest BCUT2D eigenvalue weighted by molar-refractivity contribution is 5.75. The number of carbonyl (C=O) groups excluding carboxylic acids is 1. The molecule has 0 fully saturated rings. The minimum absolute atomic E-state index is 0.0640. The van der Waals surface area contributed by atoms with E-state index in [0.717, 1.165) is 0 Å². The highest BCUT2D eigenvalue weighted by Gasteiger charge is 2.14. The topological polar surface area (TPSA) is 78.9 Å². The van der Waals surface area contributed by atoms with Crippen molar-refractivity contribution in [2.45, 2.75) is 20.3 Å². The average Bonchev–Trinajstić information content (AvgIpc) is 2.22. The van der Waals surface area contributed by atoms with Gasteiger partial charge < -0.3 is 20.1 Å². The van der Waals surface area contributed by atoms with Crippen LogP contribution in [0.1, 0.15) is 20.3 Å². The van der Waals surface area contributed by atoms with E-state index in [-0.39, 0.29) is 19.0 Å². The van der Waals surface area contributed by atoms with Crippen LogP contribution in [0.4, 0.5) is 4.79 Å². The summed E-state index contributed by atoms with van der Waals surface area (Å²) in [6.07, 6.45) is -0.0640. The van der Waals surface area contributed by atoms with Gasteiger partial charge >= 0.3 is 12.0 Å². The number of carboxylic acid groups (broad SMARTS) is 1. The van der Waals surface area contributed by atoms with Crippen LogP contribution >= 0.6 is 0 Å². The molecule has 6 nitrogen and oxygen atoms in total. The van der Waals surface area contributed by atoms with Gasteiger partial charge in [0.2, 0.25) is 0 Å². The molecule has 0 unspecified atom stereocenters. The van der Waals surface area contributed by atoms with Crippen LogP contribution in [0.3, 0.4) is 0 Å². The molecule has 17 heavy (non-hydrogen) atoms. The molecular weight excluding hydrogens is 224 g/mol. The van der Waals surface area contributed by atoms with Crippen LogP contribution in [0.2, 0.25) is 0 Å². The normalized spacial score (nSPS) is 10.4. The molecule has 0 atom stereocenters. The number of methoxy groups -OCH3 is 1. The highest BCUT2D eigenvalue weighted by Crippen LogP contribution is 1.99. The van der Waals surface area contributed by atoms with Crippen molar-refractivity contribution in [1.29, 1.82) is 0 Å². The maximum atomic E-state index is 11.7. The molecule has 0 aromatic carbocycles. The third-order valence-corrected chi connectivity index (χ3v) is 2.05. The smallest absolute Gasteiger partial charge is 0.317 e. The third kappa shape index (κ3) is 8.50. The number of nitrogens with one attached hydrogen (secondary N) is 1. The van der Waals surface area contributed by atoms with Gasteiger partial charge in [-0.2, -0.15) is 0 Å². The van der Waals surface area contributed by atoms with Crippen molar-refractivity contribution in [2.75, 3.05) is 33.4 Å². The Morgan fingerprint density at radius 3 is 2.53 bits per heavy atom. The van der Waals surface area contributed by atoms with Gasteiger partial charge in [-0.05, 0) is 5.92 Å². The van der Waals surface area contributed by atoms with Crippen molar-refractivity contribution < 1.29 is 19.4 Å². The lowest BCUT2D eigenvalue weighted by atomic mass is 10.2. The Morgan fingerprint density at radius 2 is 2.06 bits per heavy atom. The maximum absolute atomic E-state index is 11.7. The van der Waals surface area contributed by atoms with Crippen LogP contribution in [-0.4, -0.2) is 55.4 Å². The Balaban J connectivity index is 4.07. The predicted octanol–water partition coefficient (Wildman–Crippen LogP) is 0.775. The number of carboxylic acids is 1. The molecule has 0 heterocycles. The zero-order valence-electron chi connectivity index (χ0n) is 10.7. The monoisotopic (exact) mass is 246 g/mol. The molecule has 0 aromatic heterocycles. The van der Waals surface area contributed by atoms with Gasteiger partial charge in [0, 0.05) is 26.7 Å². The Kier molecular flexibility index (Phi) is 8.13. The van der Waals surface area contributed by atoms with Crippen molar-refractivity contribution in [2.24, 2.45) is 5.92 Å². The first-order valence-corrected chi connectivity index (χ1v) is 5.70. The van der Waals surface area contributed by atoms with E-state index in [4.69, 9.17) is 9.84 Å². The number of rotatable bonds is 8. The van der Waals surface area contributed by atoms with Crippen LogP contribution in [0.15, 0.2) is 0 Å². The van der Waals surface area contributed by atoms with Crippen LogP contribution < -0.4 is 5.32 Å². The fourth-order valence-electron chi connectivity index (χ4n) is 1.31. The number of carbonyl (C=O) groups is 2. The Hall–Kier alpha value is -1.30. The number of aliphatic carboxylic acids is 1. The summed E-state index contributed by atoms with van der Waals surface area (Å²) < 4.78 is 4.93. The van der Waals surface area contributed by atoms with Crippen LogP contribution in [0, 0.1) is 5.92 Å². The molecule has 0 aliphatic heterocycles. The summed E-state index contributed by atoms with van der Waals surface area (Å²) in [6, 6.07) is -0.239. The lowest BCUT2D eigenvalue weighted by molar-refractivity contribution is -0.136. The SMILES string of the molecule is COCCN(CC(C)C)C(=O)NCCC(=O)O. The molecular formula is C11H22N2O4. The summed E-state index contributed by atoms with van der Waals surface area (Å²) in [4.78, 5) is 23.7. The predicted molar refractivity (Wildman–Crippen MR) is 63.9 cm³/mol. The molecule has 2 amide bonds. The second-order valence-electron chi connectivity index (χ2n) is 4.21. The number of hydrogen-bond acceptors (Lipinski definition) is 3.